The van der Waals surface area contributed by atoms with Crippen LogP contribution in [0.15, 0.2) is 18.2 Å². The second-order valence-corrected chi connectivity index (χ2v) is 4.81. The van der Waals surface area contributed by atoms with Gasteiger partial charge in [0, 0.05) is 5.56 Å². The first-order valence-corrected chi connectivity index (χ1v) is 6.05. The smallest absolute Gasteiger partial charge is 0.327 e. The number of aromatic amines is 1. The molecular weight excluding hydrogens is 292 g/mol. The van der Waals surface area contributed by atoms with E-state index >= 15 is 0 Å². The lowest BCUT2D eigenvalue weighted by Crippen LogP contribution is -2.09. The van der Waals surface area contributed by atoms with Crippen LogP contribution in [0.4, 0.5) is 17.6 Å². The largest absolute Gasteiger partial charge is 0.431 e. The second-order valence-electron chi connectivity index (χ2n) is 4.42. The van der Waals surface area contributed by atoms with Crippen LogP contribution in [0, 0.1) is 24.4 Å². The minimum Gasteiger partial charge on any atom is -0.327 e. The van der Waals surface area contributed by atoms with Gasteiger partial charge in [0.15, 0.2) is 4.77 Å². The molecule has 2 aromatic rings. The molecular formula is C13H10F4N2S. The van der Waals surface area contributed by atoms with Crippen LogP contribution in [-0.2, 0) is 6.18 Å². The molecule has 0 saturated carbocycles. The molecule has 0 spiro atoms. The average molecular weight is 302 g/mol. The van der Waals surface area contributed by atoms with Gasteiger partial charge in [-0.3, -0.25) is 0 Å². The van der Waals surface area contributed by atoms with Crippen molar-refractivity contribution in [3.05, 3.63) is 45.6 Å². The van der Waals surface area contributed by atoms with Crippen LogP contribution in [0.1, 0.15) is 16.8 Å². The van der Waals surface area contributed by atoms with Crippen LogP contribution in [0.5, 0.6) is 0 Å². The molecule has 0 saturated heterocycles. The van der Waals surface area contributed by atoms with Crippen molar-refractivity contribution >= 4 is 12.2 Å². The Morgan fingerprint density at radius 2 is 1.80 bits per heavy atom. The number of aromatic nitrogens is 2. The average Bonchev–Trinajstić information content (AvgIpc) is 2.25. The van der Waals surface area contributed by atoms with Gasteiger partial charge in [-0.25, -0.2) is 9.37 Å². The zero-order valence-electron chi connectivity index (χ0n) is 10.6. The van der Waals surface area contributed by atoms with Gasteiger partial charge in [-0.1, -0.05) is 6.07 Å². The fourth-order valence-electron chi connectivity index (χ4n) is 1.98. The molecule has 0 aliphatic rings. The summed E-state index contributed by atoms with van der Waals surface area (Å²) in [6.07, 6.45) is -4.60. The molecule has 0 atom stereocenters. The van der Waals surface area contributed by atoms with E-state index in [2.05, 4.69) is 17.2 Å². The summed E-state index contributed by atoms with van der Waals surface area (Å²) in [7, 11) is 0. The SMILES string of the molecule is Cc1cc(C)c(-c2cc(C(F)(F)F)[nH]c(=S)n2)c(F)c1. The number of aryl methyl sites for hydroxylation is 2. The Bertz CT molecular complexity index is 696. The zero-order valence-corrected chi connectivity index (χ0v) is 11.4. The molecule has 1 aromatic carbocycles. The highest BCUT2D eigenvalue weighted by molar-refractivity contribution is 7.71. The van der Waals surface area contributed by atoms with Gasteiger partial charge in [-0.2, -0.15) is 13.2 Å². The molecule has 0 bridgehead atoms. The maximum atomic E-state index is 14.0. The third-order valence-electron chi connectivity index (χ3n) is 2.74. The maximum absolute atomic E-state index is 14.0. The summed E-state index contributed by atoms with van der Waals surface area (Å²) in [4.78, 5) is 5.75. The third-order valence-corrected chi connectivity index (χ3v) is 2.93. The van der Waals surface area contributed by atoms with Gasteiger partial charge in [0.1, 0.15) is 11.5 Å². The molecule has 0 unspecified atom stereocenters. The topological polar surface area (TPSA) is 28.7 Å². The lowest BCUT2D eigenvalue weighted by molar-refractivity contribution is -0.141. The maximum Gasteiger partial charge on any atom is 0.431 e. The van der Waals surface area contributed by atoms with Crippen LogP contribution < -0.4 is 0 Å². The van der Waals surface area contributed by atoms with Gasteiger partial charge in [0.2, 0.25) is 0 Å². The Hall–Kier alpha value is -1.76. The monoisotopic (exact) mass is 302 g/mol. The fourth-order valence-corrected chi connectivity index (χ4v) is 2.19. The summed E-state index contributed by atoms with van der Waals surface area (Å²) < 4.78 is 51.8. The molecule has 7 heteroatoms. The van der Waals surface area contributed by atoms with Crippen molar-refractivity contribution in [1.82, 2.24) is 9.97 Å². The lowest BCUT2D eigenvalue weighted by Gasteiger charge is -2.11. The van der Waals surface area contributed by atoms with E-state index in [4.69, 9.17) is 0 Å². The van der Waals surface area contributed by atoms with Crippen molar-refractivity contribution in [2.45, 2.75) is 20.0 Å². The van der Waals surface area contributed by atoms with Crippen molar-refractivity contribution in [2.75, 3.05) is 0 Å². The van der Waals surface area contributed by atoms with Crippen LogP contribution >= 0.6 is 12.2 Å². The first kappa shape index (κ1) is 14.6. The van der Waals surface area contributed by atoms with Crippen LogP contribution in [0.2, 0.25) is 0 Å². The Balaban J connectivity index is 2.71. The van der Waals surface area contributed by atoms with Crippen molar-refractivity contribution in [1.29, 1.82) is 0 Å². The molecule has 0 radical (unpaired) electrons. The highest BCUT2D eigenvalue weighted by Gasteiger charge is 2.32. The number of hydrogen-bond acceptors (Lipinski definition) is 2. The van der Waals surface area contributed by atoms with Crippen LogP contribution in [-0.4, -0.2) is 9.97 Å². The van der Waals surface area contributed by atoms with E-state index in [0.29, 0.717) is 11.1 Å². The Morgan fingerprint density at radius 3 is 2.35 bits per heavy atom. The van der Waals surface area contributed by atoms with Crippen molar-refractivity contribution in [2.24, 2.45) is 0 Å². The van der Waals surface area contributed by atoms with Crippen molar-refractivity contribution < 1.29 is 17.6 Å². The Labute approximate surface area is 117 Å². The minimum atomic E-state index is -4.60. The normalized spacial score (nSPS) is 11.7. The first-order valence-electron chi connectivity index (χ1n) is 5.64. The zero-order chi connectivity index (χ0) is 15.1. The van der Waals surface area contributed by atoms with Crippen LogP contribution in [0.25, 0.3) is 11.3 Å². The van der Waals surface area contributed by atoms with E-state index in [-0.39, 0.29) is 16.0 Å². The Morgan fingerprint density at radius 1 is 1.15 bits per heavy atom. The molecule has 0 aliphatic heterocycles. The standard InChI is InChI=1S/C13H10F4N2S/c1-6-3-7(2)11(8(14)4-6)9-5-10(13(15,16)17)19-12(20)18-9/h3-5H,1-2H3,(H,18,19,20). The second kappa shape index (κ2) is 4.97. The molecule has 2 nitrogen and oxygen atoms in total. The third kappa shape index (κ3) is 2.87. The molecule has 0 fully saturated rings. The van der Waals surface area contributed by atoms with E-state index in [1.165, 1.54) is 6.07 Å². The summed E-state index contributed by atoms with van der Waals surface area (Å²) in [5.41, 5.74) is 0.0359. The van der Waals surface area contributed by atoms with Crippen molar-refractivity contribution in [3.63, 3.8) is 0 Å². The molecule has 106 valence electrons. The molecule has 20 heavy (non-hydrogen) atoms. The number of halogens is 4. The minimum absolute atomic E-state index is 0.0289. The highest BCUT2D eigenvalue weighted by Crippen LogP contribution is 2.32. The van der Waals surface area contributed by atoms with Crippen molar-refractivity contribution in [3.8, 4) is 11.3 Å². The molecule has 1 aromatic heterocycles. The summed E-state index contributed by atoms with van der Waals surface area (Å²) in [6, 6.07) is 3.68. The predicted octanol–water partition coefficient (Wildman–Crippen LogP) is 4.58. The van der Waals surface area contributed by atoms with Gasteiger partial charge in [-0.05, 0) is 49.3 Å². The fraction of sp³-hybridized carbons (Fsp3) is 0.231. The molecule has 0 amide bonds. The van der Waals surface area contributed by atoms with Gasteiger partial charge in [0.05, 0.1) is 5.69 Å². The van der Waals surface area contributed by atoms with E-state index < -0.39 is 17.7 Å². The number of nitrogens with zero attached hydrogens (tertiary/aromatic N) is 1. The van der Waals surface area contributed by atoms with E-state index in [1.807, 2.05) is 4.98 Å². The number of H-pyrrole nitrogens is 1. The van der Waals surface area contributed by atoms with Gasteiger partial charge in [0.25, 0.3) is 0 Å². The summed E-state index contributed by atoms with van der Waals surface area (Å²) in [5.74, 6) is -0.622. The number of nitrogens with one attached hydrogen (secondary N) is 1. The van der Waals surface area contributed by atoms with E-state index in [1.54, 1.807) is 19.9 Å². The molecule has 1 N–H and O–H groups in total. The molecule has 0 aliphatic carbocycles. The van der Waals surface area contributed by atoms with E-state index in [0.717, 1.165) is 6.07 Å². The van der Waals surface area contributed by atoms with E-state index in [9.17, 15) is 17.6 Å². The number of rotatable bonds is 1. The van der Waals surface area contributed by atoms with Gasteiger partial charge >= 0.3 is 6.18 Å². The quantitative estimate of drug-likeness (QED) is 0.617. The summed E-state index contributed by atoms with van der Waals surface area (Å²) >= 11 is 4.68. The predicted molar refractivity (Wildman–Crippen MR) is 69.3 cm³/mol. The first-order chi connectivity index (χ1) is 9.18. The van der Waals surface area contributed by atoms with Gasteiger partial charge in [-0.15, -0.1) is 0 Å². The number of alkyl halides is 3. The van der Waals surface area contributed by atoms with Gasteiger partial charge < -0.3 is 4.98 Å². The lowest BCUT2D eigenvalue weighted by atomic mass is 10.0. The molecule has 2 rings (SSSR count). The number of benzene rings is 1. The summed E-state index contributed by atoms with van der Waals surface area (Å²) in [6.45, 7) is 3.31. The number of hydrogen-bond donors (Lipinski definition) is 1. The van der Waals surface area contributed by atoms with Crippen LogP contribution in [0.3, 0.4) is 0 Å². The highest BCUT2D eigenvalue weighted by atomic mass is 32.1. The molecule has 1 heterocycles. The summed E-state index contributed by atoms with van der Waals surface area (Å²) in [5, 5.41) is 0. The Kier molecular flexibility index (Phi) is 3.64.